The highest BCUT2D eigenvalue weighted by molar-refractivity contribution is 5.32. The molecule has 0 saturated carbocycles. The lowest BCUT2D eigenvalue weighted by atomic mass is 10.00. The van der Waals surface area contributed by atoms with E-state index >= 15 is 0 Å². The second-order valence-electron chi connectivity index (χ2n) is 4.08. The van der Waals surface area contributed by atoms with Crippen molar-refractivity contribution in [2.24, 2.45) is 5.73 Å². The Hall–Kier alpha value is -1.68. The first-order valence-corrected chi connectivity index (χ1v) is 5.32. The summed E-state index contributed by atoms with van der Waals surface area (Å²) in [4.78, 5) is 3.90. The number of benzene rings is 1. The summed E-state index contributed by atoms with van der Waals surface area (Å²) in [5.41, 5.74) is 9.80. The Balaban J connectivity index is 2.17. The third-order valence-corrected chi connectivity index (χ3v) is 2.68. The number of hydrogen-bond donors (Lipinski definition) is 1. The van der Waals surface area contributed by atoms with E-state index in [9.17, 15) is 0 Å². The lowest BCUT2D eigenvalue weighted by Crippen LogP contribution is -2.19. The quantitative estimate of drug-likeness (QED) is 0.847. The highest BCUT2D eigenvalue weighted by atomic mass is 15.3. The molecule has 2 rings (SSSR count). The summed E-state index contributed by atoms with van der Waals surface area (Å²) in [6.07, 6.45) is 3.21. The average Bonchev–Trinajstić information content (AvgIpc) is 2.70. The summed E-state index contributed by atoms with van der Waals surface area (Å²) in [6, 6.07) is 6.29. The van der Waals surface area contributed by atoms with Crippen LogP contribution in [0.25, 0.3) is 0 Å². The molecule has 1 unspecified atom stereocenters. The zero-order chi connectivity index (χ0) is 11.5. The van der Waals surface area contributed by atoms with Gasteiger partial charge in [0.05, 0.1) is 6.54 Å². The number of aromatic nitrogens is 3. The van der Waals surface area contributed by atoms with Gasteiger partial charge in [-0.25, -0.2) is 4.98 Å². The molecule has 0 bridgehead atoms. The van der Waals surface area contributed by atoms with E-state index in [4.69, 9.17) is 5.73 Å². The molecule has 2 aromatic rings. The van der Waals surface area contributed by atoms with Gasteiger partial charge in [0, 0.05) is 6.04 Å². The van der Waals surface area contributed by atoms with Gasteiger partial charge in [0.15, 0.2) is 0 Å². The summed E-state index contributed by atoms with van der Waals surface area (Å²) in [6.45, 7) is 4.83. The van der Waals surface area contributed by atoms with E-state index in [0.29, 0.717) is 6.54 Å². The summed E-state index contributed by atoms with van der Waals surface area (Å²) >= 11 is 0. The van der Waals surface area contributed by atoms with Crippen molar-refractivity contribution in [2.75, 3.05) is 0 Å². The second-order valence-corrected chi connectivity index (χ2v) is 4.08. The Labute approximate surface area is 95.1 Å². The molecule has 0 spiro atoms. The van der Waals surface area contributed by atoms with E-state index in [-0.39, 0.29) is 6.04 Å². The van der Waals surface area contributed by atoms with Gasteiger partial charge in [-0.05, 0) is 25.0 Å². The van der Waals surface area contributed by atoms with E-state index in [1.807, 2.05) is 0 Å². The zero-order valence-electron chi connectivity index (χ0n) is 9.59. The Morgan fingerprint density at radius 3 is 2.81 bits per heavy atom. The number of nitrogens with zero attached hydrogens (tertiary/aromatic N) is 3. The molecule has 84 valence electrons. The summed E-state index contributed by atoms with van der Waals surface area (Å²) in [5, 5.41) is 4.05. The van der Waals surface area contributed by atoms with Crippen LogP contribution in [-0.2, 0) is 6.54 Å². The highest BCUT2D eigenvalue weighted by Gasteiger charge is 2.09. The maximum atomic E-state index is 6.15. The van der Waals surface area contributed by atoms with Gasteiger partial charge in [-0.15, -0.1) is 0 Å². The van der Waals surface area contributed by atoms with Crippen LogP contribution in [0.4, 0.5) is 0 Å². The first-order valence-electron chi connectivity index (χ1n) is 5.32. The second kappa shape index (κ2) is 4.45. The third-order valence-electron chi connectivity index (χ3n) is 2.68. The Bertz CT molecular complexity index is 462. The van der Waals surface area contributed by atoms with Crippen LogP contribution in [0, 0.1) is 13.8 Å². The van der Waals surface area contributed by atoms with Crippen LogP contribution in [0.2, 0.25) is 0 Å². The van der Waals surface area contributed by atoms with Gasteiger partial charge in [-0.3, -0.25) is 4.68 Å². The molecule has 0 saturated heterocycles. The molecule has 1 aromatic carbocycles. The molecule has 1 aromatic heterocycles. The largest absolute Gasteiger partial charge is 0.322 e. The van der Waals surface area contributed by atoms with Crippen LogP contribution >= 0.6 is 0 Å². The first-order chi connectivity index (χ1) is 7.66. The maximum absolute atomic E-state index is 6.15. The molecule has 0 aliphatic heterocycles. The number of rotatable bonds is 3. The van der Waals surface area contributed by atoms with Gasteiger partial charge in [0.1, 0.15) is 12.7 Å². The normalized spacial score (nSPS) is 12.7. The maximum Gasteiger partial charge on any atom is 0.137 e. The molecule has 1 atom stereocenters. The van der Waals surface area contributed by atoms with Gasteiger partial charge in [-0.2, -0.15) is 5.10 Å². The predicted molar refractivity (Wildman–Crippen MR) is 62.9 cm³/mol. The molecule has 0 aliphatic carbocycles. The smallest absolute Gasteiger partial charge is 0.137 e. The SMILES string of the molecule is Cc1ccc(C(N)Cn2cncn2)c(C)c1. The van der Waals surface area contributed by atoms with E-state index in [1.54, 1.807) is 11.0 Å². The predicted octanol–water partition coefficient (Wildman–Crippen LogP) is 1.59. The van der Waals surface area contributed by atoms with Gasteiger partial charge < -0.3 is 5.73 Å². The molecule has 16 heavy (non-hydrogen) atoms. The van der Waals surface area contributed by atoms with Crippen molar-refractivity contribution in [3.63, 3.8) is 0 Å². The number of hydrogen-bond acceptors (Lipinski definition) is 3. The number of aryl methyl sites for hydroxylation is 2. The van der Waals surface area contributed by atoms with Crippen molar-refractivity contribution in [2.45, 2.75) is 26.4 Å². The Kier molecular flexibility index (Phi) is 3.01. The molecule has 4 heteroatoms. The van der Waals surface area contributed by atoms with Crippen LogP contribution in [0.1, 0.15) is 22.7 Å². The fourth-order valence-corrected chi connectivity index (χ4v) is 1.87. The lowest BCUT2D eigenvalue weighted by molar-refractivity contribution is 0.525. The van der Waals surface area contributed by atoms with Crippen molar-refractivity contribution in [1.82, 2.24) is 14.8 Å². The Morgan fingerprint density at radius 1 is 1.38 bits per heavy atom. The summed E-state index contributed by atoms with van der Waals surface area (Å²) < 4.78 is 1.75. The van der Waals surface area contributed by atoms with E-state index in [1.165, 1.54) is 23.0 Å². The van der Waals surface area contributed by atoms with E-state index < -0.39 is 0 Å². The molecule has 0 fully saturated rings. The van der Waals surface area contributed by atoms with Crippen molar-refractivity contribution in [3.05, 3.63) is 47.5 Å². The molecule has 2 N–H and O–H groups in total. The minimum atomic E-state index is -0.0395. The van der Waals surface area contributed by atoms with Crippen molar-refractivity contribution >= 4 is 0 Å². The van der Waals surface area contributed by atoms with Crippen LogP contribution in [0.15, 0.2) is 30.9 Å². The average molecular weight is 216 g/mol. The molecule has 0 amide bonds. The lowest BCUT2D eigenvalue weighted by Gasteiger charge is -2.14. The van der Waals surface area contributed by atoms with Gasteiger partial charge >= 0.3 is 0 Å². The molecule has 4 nitrogen and oxygen atoms in total. The Morgan fingerprint density at radius 2 is 2.19 bits per heavy atom. The third kappa shape index (κ3) is 2.28. The summed E-state index contributed by atoms with van der Waals surface area (Å²) in [5.74, 6) is 0. The molecular formula is C12H16N4. The molecule has 1 heterocycles. The van der Waals surface area contributed by atoms with Crippen LogP contribution < -0.4 is 5.73 Å². The van der Waals surface area contributed by atoms with Gasteiger partial charge in [0.25, 0.3) is 0 Å². The topological polar surface area (TPSA) is 56.7 Å². The molecular weight excluding hydrogens is 200 g/mol. The monoisotopic (exact) mass is 216 g/mol. The number of nitrogens with two attached hydrogens (primary N) is 1. The van der Waals surface area contributed by atoms with Crippen molar-refractivity contribution in [3.8, 4) is 0 Å². The minimum absolute atomic E-state index is 0.0395. The molecule has 0 radical (unpaired) electrons. The van der Waals surface area contributed by atoms with Crippen molar-refractivity contribution < 1.29 is 0 Å². The fraction of sp³-hybridized carbons (Fsp3) is 0.333. The van der Waals surface area contributed by atoms with Crippen LogP contribution in [0.5, 0.6) is 0 Å². The first kappa shape index (κ1) is 10.8. The van der Waals surface area contributed by atoms with Gasteiger partial charge in [0.2, 0.25) is 0 Å². The van der Waals surface area contributed by atoms with E-state index in [0.717, 1.165) is 0 Å². The standard InChI is InChI=1S/C12H16N4/c1-9-3-4-11(10(2)5-9)12(13)6-16-8-14-7-15-16/h3-5,7-8,12H,6,13H2,1-2H3. The van der Waals surface area contributed by atoms with Crippen LogP contribution in [0.3, 0.4) is 0 Å². The minimum Gasteiger partial charge on any atom is -0.322 e. The zero-order valence-corrected chi connectivity index (χ0v) is 9.59. The van der Waals surface area contributed by atoms with Gasteiger partial charge in [-0.1, -0.05) is 23.8 Å². The van der Waals surface area contributed by atoms with Crippen LogP contribution in [-0.4, -0.2) is 14.8 Å². The summed E-state index contributed by atoms with van der Waals surface area (Å²) in [7, 11) is 0. The van der Waals surface area contributed by atoms with E-state index in [2.05, 4.69) is 42.1 Å². The van der Waals surface area contributed by atoms with Crippen molar-refractivity contribution in [1.29, 1.82) is 0 Å². The fourth-order valence-electron chi connectivity index (χ4n) is 1.87. The molecule has 0 aliphatic rings. The highest BCUT2D eigenvalue weighted by Crippen LogP contribution is 2.18.